The van der Waals surface area contributed by atoms with Gasteiger partial charge >= 0.3 is 0 Å². The standard InChI is InChI=1S/C17H23N3/c1-20-17(11-15-8-5-9-18-12-15)16(13-19-20)10-14-6-3-2-4-7-14/h2-4,6-7,13,15,18H,5,8-12H2,1H3. The van der Waals surface area contributed by atoms with Crippen LogP contribution in [-0.2, 0) is 19.9 Å². The summed E-state index contributed by atoms with van der Waals surface area (Å²) in [6.45, 7) is 2.33. The van der Waals surface area contributed by atoms with Crippen LogP contribution in [0, 0.1) is 5.92 Å². The summed E-state index contributed by atoms with van der Waals surface area (Å²) >= 11 is 0. The maximum atomic E-state index is 4.47. The quantitative estimate of drug-likeness (QED) is 0.924. The Morgan fingerprint density at radius 3 is 2.90 bits per heavy atom. The van der Waals surface area contributed by atoms with E-state index in [-0.39, 0.29) is 0 Å². The van der Waals surface area contributed by atoms with Gasteiger partial charge in [-0.15, -0.1) is 0 Å². The van der Waals surface area contributed by atoms with Crippen LogP contribution in [0.15, 0.2) is 36.5 Å². The average Bonchev–Trinajstić information content (AvgIpc) is 2.83. The van der Waals surface area contributed by atoms with Crippen molar-refractivity contribution in [3.05, 3.63) is 53.3 Å². The van der Waals surface area contributed by atoms with Crippen molar-refractivity contribution in [3.63, 3.8) is 0 Å². The third-order valence-corrected chi connectivity index (χ3v) is 4.27. The SMILES string of the molecule is Cn1ncc(Cc2ccccc2)c1CC1CCCNC1. The molecular formula is C17H23N3. The van der Waals surface area contributed by atoms with E-state index in [1.165, 1.54) is 36.2 Å². The van der Waals surface area contributed by atoms with E-state index in [1.54, 1.807) is 0 Å². The van der Waals surface area contributed by atoms with E-state index in [9.17, 15) is 0 Å². The molecule has 1 aliphatic rings. The molecule has 0 spiro atoms. The maximum Gasteiger partial charge on any atom is 0.0527 e. The predicted octanol–water partition coefficient (Wildman–Crippen LogP) is 2.55. The van der Waals surface area contributed by atoms with Crippen molar-refractivity contribution in [1.29, 1.82) is 0 Å². The molecule has 1 fully saturated rings. The van der Waals surface area contributed by atoms with E-state index >= 15 is 0 Å². The molecule has 0 aliphatic carbocycles. The summed E-state index contributed by atoms with van der Waals surface area (Å²) in [5, 5.41) is 7.98. The molecule has 0 saturated carbocycles. The first-order valence-corrected chi connectivity index (χ1v) is 7.57. The van der Waals surface area contributed by atoms with E-state index in [0.29, 0.717) is 0 Å². The third-order valence-electron chi connectivity index (χ3n) is 4.27. The molecule has 1 aromatic heterocycles. The fraction of sp³-hybridized carbons (Fsp3) is 0.471. The lowest BCUT2D eigenvalue weighted by Gasteiger charge is -2.23. The summed E-state index contributed by atoms with van der Waals surface area (Å²) in [6, 6.07) is 10.7. The third kappa shape index (κ3) is 3.10. The molecule has 1 aliphatic heterocycles. The Morgan fingerprint density at radius 1 is 1.30 bits per heavy atom. The molecule has 2 heterocycles. The van der Waals surface area contributed by atoms with E-state index < -0.39 is 0 Å². The maximum absolute atomic E-state index is 4.47. The van der Waals surface area contributed by atoms with Gasteiger partial charge in [0.15, 0.2) is 0 Å². The van der Waals surface area contributed by atoms with E-state index in [4.69, 9.17) is 0 Å². The Balaban J connectivity index is 1.75. The molecule has 3 heteroatoms. The molecule has 0 bridgehead atoms. The van der Waals surface area contributed by atoms with Crippen LogP contribution < -0.4 is 5.32 Å². The summed E-state index contributed by atoms with van der Waals surface area (Å²) < 4.78 is 2.06. The van der Waals surface area contributed by atoms with Crippen molar-refractivity contribution in [2.24, 2.45) is 13.0 Å². The van der Waals surface area contributed by atoms with Crippen LogP contribution in [0.4, 0.5) is 0 Å². The molecule has 1 aromatic carbocycles. The molecule has 20 heavy (non-hydrogen) atoms. The molecule has 3 rings (SSSR count). The molecule has 106 valence electrons. The minimum absolute atomic E-state index is 0.758. The number of aromatic nitrogens is 2. The lowest BCUT2D eigenvalue weighted by molar-refractivity contribution is 0.369. The molecule has 1 saturated heterocycles. The number of benzene rings is 1. The largest absolute Gasteiger partial charge is 0.316 e. The van der Waals surface area contributed by atoms with E-state index in [2.05, 4.69) is 52.5 Å². The molecule has 2 aromatic rings. The second kappa shape index (κ2) is 6.23. The highest BCUT2D eigenvalue weighted by Gasteiger charge is 2.18. The molecule has 3 nitrogen and oxygen atoms in total. The van der Waals surface area contributed by atoms with Crippen molar-refractivity contribution in [1.82, 2.24) is 15.1 Å². The normalized spacial score (nSPS) is 19.1. The number of aryl methyl sites for hydroxylation is 1. The van der Waals surface area contributed by atoms with Crippen LogP contribution in [0.5, 0.6) is 0 Å². The second-order valence-electron chi connectivity index (χ2n) is 5.82. The van der Waals surface area contributed by atoms with Gasteiger partial charge in [0.05, 0.1) is 6.20 Å². The number of piperidine rings is 1. The van der Waals surface area contributed by atoms with Gasteiger partial charge in [-0.1, -0.05) is 30.3 Å². The van der Waals surface area contributed by atoms with Crippen LogP contribution in [0.2, 0.25) is 0 Å². The summed E-state index contributed by atoms with van der Waals surface area (Å²) in [4.78, 5) is 0. The van der Waals surface area contributed by atoms with Crippen LogP contribution in [0.25, 0.3) is 0 Å². The molecular weight excluding hydrogens is 246 g/mol. The lowest BCUT2D eigenvalue weighted by Crippen LogP contribution is -2.31. The first kappa shape index (κ1) is 13.4. The summed E-state index contributed by atoms with van der Waals surface area (Å²) in [5.74, 6) is 0.758. The molecule has 1 atom stereocenters. The first-order chi connectivity index (χ1) is 9.83. The van der Waals surface area contributed by atoms with Gasteiger partial charge in [0.2, 0.25) is 0 Å². The fourth-order valence-corrected chi connectivity index (χ4v) is 3.11. The summed E-state index contributed by atoms with van der Waals surface area (Å²) in [6.07, 6.45) is 6.81. The van der Waals surface area contributed by atoms with Crippen LogP contribution >= 0.6 is 0 Å². The van der Waals surface area contributed by atoms with Gasteiger partial charge in [-0.25, -0.2) is 0 Å². The van der Waals surface area contributed by atoms with Gasteiger partial charge in [0, 0.05) is 19.2 Å². The molecule has 0 radical (unpaired) electrons. The number of hydrogen-bond donors (Lipinski definition) is 1. The number of rotatable bonds is 4. The van der Waals surface area contributed by atoms with Gasteiger partial charge in [0.25, 0.3) is 0 Å². The predicted molar refractivity (Wildman–Crippen MR) is 81.8 cm³/mol. The van der Waals surface area contributed by atoms with Crippen LogP contribution in [-0.4, -0.2) is 22.9 Å². The molecule has 0 amide bonds. The van der Waals surface area contributed by atoms with Crippen molar-refractivity contribution in [3.8, 4) is 0 Å². The number of nitrogens with zero attached hydrogens (tertiary/aromatic N) is 2. The van der Waals surface area contributed by atoms with Gasteiger partial charge in [-0.2, -0.15) is 5.10 Å². The average molecular weight is 269 g/mol. The van der Waals surface area contributed by atoms with Crippen molar-refractivity contribution < 1.29 is 0 Å². The zero-order valence-electron chi connectivity index (χ0n) is 12.2. The topological polar surface area (TPSA) is 29.9 Å². The Kier molecular flexibility index (Phi) is 4.16. The van der Waals surface area contributed by atoms with E-state index in [1.807, 2.05) is 6.20 Å². The highest BCUT2D eigenvalue weighted by Crippen LogP contribution is 2.20. The van der Waals surface area contributed by atoms with Gasteiger partial charge in [0.1, 0.15) is 0 Å². The van der Waals surface area contributed by atoms with Gasteiger partial charge in [-0.3, -0.25) is 4.68 Å². The van der Waals surface area contributed by atoms with Gasteiger partial charge < -0.3 is 5.32 Å². The zero-order chi connectivity index (χ0) is 13.8. The molecule has 1 N–H and O–H groups in total. The van der Waals surface area contributed by atoms with Crippen molar-refractivity contribution >= 4 is 0 Å². The zero-order valence-corrected chi connectivity index (χ0v) is 12.2. The minimum Gasteiger partial charge on any atom is -0.316 e. The van der Waals surface area contributed by atoms with Crippen LogP contribution in [0.3, 0.4) is 0 Å². The Bertz CT molecular complexity index is 539. The highest BCUT2D eigenvalue weighted by molar-refractivity contribution is 5.28. The fourth-order valence-electron chi connectivity index (χ4n) is 3.11. The van der Waals surface area contributed by atoms with E-state index in [0.717, 1.165) is 25.3 Å². The summed E-state index contributed by atoms with van der Waals surface area (Å²) in [5.41, 5.74) is 4.15. The smallest absolute Gasteiger partial charge is 0.0527 e. The minimum atomic E-state index is 0.758. The lowest BCUT2D eigenvalue weighted by atomic mass is 9.92. The Morgan fingerprint density at radius 2 is 2.15 bits per heavy atom. The van der Waals surface area contributed by atoms with Crippen LogP contribution in [0.1, 0.15) is 29.7 Å². The number of nitrogens with one attached hydrogen (secondary N) is 1. The van der Waals surface area contributed by atoms with Crippen molar-refractivity contribution in [2.75, 3.05) is 13.1 Å². The Hall–Kier alpha value is -1.61. The number of hydrogen-bond acceptors (Lipinski definition) is 2. The highest BCUT2D eigenvalue weighted by atomic mass is 15.3. The first-order valence-electron chi connectivity index (χ1n) is 7.57. The molecule has 1 unspecified atom stereocenters. The monoisotopic (exact) mass is 269 g/mol. The van der Waals surface area contributed by atoms with Crippen molar-refractivity contribution in [2.45, 2.75) is 25.7 Å². The van der Waals surface area contributed by atoms with Gasteiger partial charge in [-0.05, 0) is 49.4 Å². The summed E-state index contributed by atoms with van der Waals surface area (Å²) in [7, 11) is 2.07. The second-order valence-corrected chi connectivity index (χ2v) is 5.82. The Labute approximate surface area is 121 Å².